The van der Waals surface area contributed by atoms with Gasteiger partial charge >= 0.3 is 16.1 Å². The minimum atomic E-state index is -3.96. The summed E-state index contributed by atoms with van der Waals surface area (Å²) in [7, 11) is -3.96. The van der Waals surface area contributed by atoms with Crippen molar-refractivity contribution in [3.63, 3.8) is 0 Å². The van der Waals surface area contributed by atoms with E-state index in [2.05, 4.69) is 11.1 Å². The number of carbonyl (C=O) groups excluding carboxylic acids is 1. The molecule has 107 valence electrons. The van der Waals surface area contributed by atoms with Crippen LogP contribution in [0, 0.1) is 0 Å². The predicted octanol–water partition coefficient (Wildman–Crippen LogP) is 2.90. The summed E-state index contributed by atoms with van der Waals surface area (Å²) < 4.78 is 28.0. The van der Waals surface area contributed by atoms with Crippen LogP contribution in [-0.2, 0) is 19.1 Å². The minimum Gasteiger partial charge on any atom is -0.342 e. The Hall–Kier alpha value is -0.360. The normalized spacial score (nSPS) is 10.7. The fraction of sp³-hybridized carbons (Fsp3) is 0.500. The maximum atomic E-state index is 11.7. The number of hydrogen-bond acceptors (Lipinski definition) is 4. The smallest absolute Gasteiger partial charge is 0.341 e. The second-order valence-corrected chi connectivity index (χ2v) is 5.93. The Labute approximate surface area is 143 Å². The van der Waals surface area contributed by atoms with Gasteiger partial charge in [0, 0.05) is 36.0 Å². The summed E-state index contributed by atoms with van der Waals surface area (Å²) in [4.78, 5) is 11.5. The van der Waals surface area contributed by atoms with E-state index in [1.807, 2.05) is 0 Å². The molecule has 1 aromatic rings. The molecule has 0 amide bonds. The summed E-state index contributed by atoms with van der Waals surface area (Å²) in [5, 5.41) is 0. The van der Waals surface area contributed by atoms with E-state index >= 15 is 0 Å². The summed E-state index contributed by atoms with van der Waals surface area (Å²) in [5.41, 5.74) is 0. The first kappa shape index (κ1) is 19.6. The van der Waals surface area contributed by atoms with Gasteiger partial charge < -0.3 is 4.18 Å². The Balaban J connectivity index is 0.00000361. The van der Waals surface area contributed by atoms with Gasteiger partial charge in [0.05, 0.1) is 0 Å². The summed E-state index contributed by atoms with van der Waals surface area (Å²) in [5.74, 6) is -0.680. The van der Waals surface area contributed by atoms with Crippen LogP contribution in [0.2, 0.25) is 0 Å². The van der Waals surface area contributed by atoms with E-state index in [1.54, 1.807) is 18.2 Å². The first-order chi connectivity index (χ1) is 9.06. The molecule has 0 aliphatic carbocycles. The summed E-state index contributed by atoms with van der Waals surface area (Å²) >= 11 is 0. The molecule has 1 aromatic carbocycles. The standard InChI is InChI=1S/C14H20O4S.Na/c1-2-3-4-5-9-12-14(15)18-19(16,17)13-10-7-6-8-11-13;/h6-8,10-11H,2-5,9,12H2,1H3;. The molecule has 20 heavy (non-hydrogen) atoms. The number of hydrogen-bond donors (Lipinski definition) is 0. The van der Waals surface area contributed by atoms with Crippen LogP contribution in [0.3, 0.4) is 0 Å². The van der Waals surface area contributed by atoms with Gasteiger partial charge in [0.15, 0.2) is 0 Å². The van der Waals surface area contributed by atoms with Gasteiger partial charge in [0.25, 0.3) is 0 Å². The maximum absolute atomic E-state index is 11.7. The third-order valence-corrected chi connectivity index (χ3v) is 3.97. The molecule has 0 aliphatic heterocycles. The molecule has 0 aliphatic rings. The van der Waals surface area contributed by atoms with E-state index < -0.39 is 16.1 Å². The molecule has 0 aromatic heterocycles. The molecule has 0 saturated heterocycles. The van der Waals surface area contributed by atoms with Crippen molar-refractivity contribution in [2.75, 3.05) is 0 Å². The van der Waals surface area contributed by atoms with Gasteiger partial charge in [-0.05, 0) is 18.6 Å². The van der Waals surface area contributed by atoms with Gasteiger partial charge in [0.2, 0.25) is 0 Å². The molecule has 1 radical (unpaired) electrons. The zero-order valence-corrected chi connectivity index (χ0v) is 15.0. The second kappa shape index (κ2) is 10.4. The molecule has 6 heteroatoms. The monoisotopic (exact) mass is 307 g/mol. The van der Waals surface area contributed by atoms with Crippen LogP contribution < -0.4 is 0 Å². The Morgan fingerprint density at radius 1 is 1.05 bits per heavy atom. The van der Waals surface area contributed by atoms with Gasteiger partial charge in [0.1, 0.15) is 4.90 Å². The Bertz CT molecular complexity index is 485. The molecular weight excluding hydrogens is 287 g/mol. The van der Waals surface area contributed by atoms with E-state index in [0.717, 1.165) is 25.7 Å². The number of rotatable bonds is 8. The number of carbonyl (C=O) groups is 1. The van der Waals surface area contributed by atoms with Crippen LogP contribution in [0.4, 0.5) is 0 Å². The SMILES string of the molecule is CCCCCCCC(=O)OS(=O)(=O)c1ccccc1.[Na]. The molecule has 4 nitrogen and oxygen atoms in total. The van der Waals surface area contributed by atoms with E-state index in [-0.39, 0.29) is 40.9 Å². The van der Waals surface area contributed by atoms with E-state index in [4.69, 9.17) is 0 Å². The van der Waals surface area contributed by atoms with Crippen molar-refractivity contribution in [1.29, 1.82) is 0 Å². The zero-order chi connectivity index (χ0) is 14.1. The van der Waals surface area contributed by atoms with E-state index in [9.17, 15) is 13.2 Å². The molecule has 0 bridgehead atoms. The molecule has 0 N–H and O–H groups in total. The first-order valence-corrected chi connectivity index (χ1v) is 7.99. The molecule has 0 unspecified atom stereocenters. The Morgan fingerprint density at radius 2 is 1.65 bits per heavy atom. The Kier molecular flexibility index (Phi) is 10.2. The van der Waals surface area contributed by atoms with Crippen molar-refractivity contribution in [2.24, 2.45) is 0 Å². The molecule has 1 rings (SSSR count). The fourth-order valence-electron chi connectivity index (χ4n) is 1.67. The molecule has 0 atom stereocenters. The largest absolute Gasteiger partial charge is 0.342 e. The van der Waals surface area contributed by atoms with Gasteiger partial charge in [-0.15, -0.1) is 0 Å². The quantitative estimate of drug-likeness (QED) is 0.421. The molecule has 0 spiro atoms. The van der Waals surface area contributed by atoms with Crippen LogP contribution in [-0.4, -0.2) is 43.9 Å². The van der Waals surface area contributed by atoms with Crippen LogP contribution in [0.5, 0.6) is 0 Å². The average Bonchev–Trinajstić information content (AvgIpc) is 2.39. The van der Waals surface area contributed by atoms with Crippen LogP contribution in [0.15, 0.2) is 35.2 Å². The second-order valence-electron chi connectivity index (χ2n) is 4.39. The maximum Gasteiger partial charge on any atom is 0.341 e. The van der Waals surface area contributed by atoms with Crippen molar-refractivity contribution in [1.82, 2.24) is 0 Å². The van der Waals surface area contributed by atoms with E-state index in [0.29, 0.717) is 6.42 Å². The molecule has 0 heterocycles. The van der Waals surface area contributed by atoms with E-state index in [1.165, 1.54) is 12.1 Å². The molecular formula is C14H20NaO4S. The van der Waals surface area contributed by atoms with Gasteiger partial charge in [-0.1, -0.05) is 50.8 Å². The van der Waals surface area contributed by atoms with Crippen LogP contribution in [0.25, 0.3) is 0 Å². The summed E-state index contributed by atoms with van der Waals surface area (Å²) in [6.45, 7) is 2.11. The number of benzene rings is 1. The third-order valence-electron chi connectivity index (χ3n) is 2.72. The van der Waals surface area contributed by atoms with Crippen LogP contribution >= 0.6 is 0 Å². The average molecular weight is 307 g/mol. The van der Waals surface area contributed by atoms with Gasteiger partial charge in [-0.25, -0.2) is 0 Å². The Morgan fingerprint density at radius 3 is 2.25 bits per heavy atom. The van der Waals surface area contributed by atoms with Crippen molar-refractivity contribution in [3.8, 4) is 0 Å². The third kappa shape index (κ3) is 7.43. The van der Waals surface area contributed by atoms with Crippen molar-refractivity contribution < 1.29 is 17.4 Å². The summed E-state index contributed by atoms with van der Waals surface area (Å²) in [6.07, 6.45) is 5.08. The summed E-state index contributed by atoms with van der Waals surface area (Å²) in [6, 6.07) is 7.69. The fourth-order valence-corrected chi connectivity index (χ4v) is 2.59. The van der Waals surface area contributed by atoms with Crippen LogP contribution in [0.1, 0.15) is 45.4 Å². The van der Waals surface area contributed by atoms with Crippen molar-refractivity contribution in [3.05, 3.63) is 30.3 Å². The zero-order valence-electron chi connectivity index (χ0n) is 12.2. The predicted molar refractivity (Wildman–Crippen MR) is 78.8 cm³/mol. The molecule has 0 fully saturated rings. The van der Waals surface area contributed by atoms with Crippen molar-refractivity contribution in [2.45, 2.75) is 50.3 Å². The molecule has 0 saturated carbocycles. The number of unbranched alkanes of at least 4 members (excludes halogenated alkanes) is 4. The van der Waals surface area contributed by atoms with Gasteiger partial charge in [-0.2, -0.15) is 8.42 Å². The first-order valence-electron chi connectivity index (χ1n) is 6.58. The topological polar surface area (TPSA) is 60.4 Å². The van der Waals surface area contributed by atoms with Gasteiger partial charge in [-0.3, -0.25) is 4.79 Å². The van der Waals surface area contributed by atoms with Crippen molar-refractivity contribution >= 4 is 45.6 Å². The minimum absolute atomic E-state index is 0.